The standard InChI is InChI=1S/C28H35N3O6S/c1-18-9-10-19(2)23(13-18)31(20(3)28(34)30-21-7-5-4-6-8-21)27(33)16-38(35)15-26(32)29-22-11-12-24-25(14-22)37-17-36-24/h9-14,20-21H,4-8,15-17H2,1-3H3,(H,29,32)(H,30,34)/t20-,38-/m0/s1. The molecule has 2 aliphatic rings. The molecule has 0 saturated heterocycles. The molecule has 0 bridgehead atoms. The van der Waals surface area contributed by atoms with Gasteiger partial charge in [-0.25, -0.2) is 0 Å². The van der Waals surface area contributed by atoms with E-state index in [0.717, 1.165) is 36.8 Å². The van der Waals surface area contributed by atoms with Crippen molar-refractivity contribution in [1.29, 1.82) is 0 Å². The van der Waals surface area contributed by atoms with Gasteiger partial charge in [0.05, 0.1) is 0 Å². The molecule has 10 heteroatoms. The minimum atomic E-state index is -1.79. The zero-order valence-electron chi connectivity index (χ0n) is 22.1. The highest BCUT2D eigenvalue weighted by molar-refractivity contribution is 7.86. The van der Waals surface area contributed by atoms with E-state index in [2.05, 4.69) is 10.6 Å². The van der Waals surface area contributed by atoms with Gasteiger partial charge in [-0.2, -0.15) is 0 Å². The molecule has 4 rings (SSSR count). The second-order valence-electron chi connectivity index (χ2n) is 9.92. The van der Waals surface area contributed by atoms with Crippen LogP contribution in [0.1, 0.15) is 50.2 Å². The number of nitrogens with one attached hydrogen (secondary N) is 2. The average molecular weight is 542 g/mol. The van der Waals surface area contributed by atoms with E-state index < -0.39 is 28.7 Å². The second kappa shape index (κ2) is 12.4. The van der Waals surface area contributed by atoms with Crippen molar-refractivity contribution in [3.8, 4) is 11.5 Å². The Balaban J connectivity index is 1.43. The second-order valence-corrected chi connectivity index (χ2v) is 11.4. The fourth-order valence-electron chi connectivity index (χ4n) is 4.80. The molecule has 9 nitrogen and oxygen atoms in total. The zero-order valence-corrected chi connectivity index (χ0v) is 22.9. The fourth-order valence-corrected chi connectivity index (χ4v) is 5.68. The van der Waals surface area contributed by atoms with E-state index in [4.69, 9.17) is 9.47 Å². The third-order valence-corrected chi connectivity index (χ3v) is 8.00. The molecule has 0 aromatic heterocycles. The monoisotopic (exact) mass is 541 g/mol. The first-order valence-corrected chi connectivity index (χ1v) is 14.4. The molecule has 38 heavy (non-hydrogen) atoms. The SMILES string of the molecule is Cc1ccc(C)c(N(C(=O)C[S@@](=O)CC(=O)Nc2ccc3c(c2)OCO3)[C@@H](C)C(=O)NC2CCCCC2)c1. The van der Waals surface area contributed by atoms with Crippen molar-refractivity contribution < 1.29 is 28.1 Å². The van der Waals surface area contributed by atoms with E-state index >= 15 is 0 Å². The van der Waals surface area contributed by atoms with E-state index in [-0.39, 0.29) is 30.2 Å². The molecule has 1 heterocycles. The number of ether oxygens (including phenoxy) is 2. The van der Waals surface area contributed by atoms with Crippen LogP contribution in [0.2, 0.25) is 0 Å². The first kappa shape index (κ1) is 27.6. The highest BCUT2D eigenvalue weighted by Crippen LogP contribution is 2.34. The highest BCUT2D eigenvalue weighted by Gasteiger charge is 2.31. The smallest absolute Gasteiger partial charge is 0.243 e. The molecule has 0 unspecified atom stereocenters. The summed E-state index contributed by atoms with van der Waals surface area (Å²) in [4.78, 5) is 40.7. The number of carbonyl (C=O) groups is 3. The average Bonchev–Trinajstić information content (AvgIpc) is 3.34. The molecule has 1 saturated carbocycles. The Morgan fingerprint density at radius 3 is 2.50 bits per heavy atom. The molecule has 1 aliphatic heterocycles. The summed E-state index contributed by atoms with van der Waals surface area (Å²) in [6.45, 7) is 5.59. The molecule has 1 fully saturated rings. The van der Waals surface area contributed by atoms with E-state index in [0.29, 0.717) is 22.9 Å². The topological polar surface area (TPSA) is 114 Å². The largest absolute Gasteiger partial charge is 0.454 e. The van der Waals surface area contributed by atoms with E-state index in [1.54, 1.807) is 25.1 Å². The fraction of sp³-hybridized carbons (Fsp3) is 0.464. The third kappa shape index (κ3) is 6.92. The summed E-state index contributed by atoms with van der Waals surface area (Å²) in [5, 5.41) is 5.78. The van der Waals surface area contributed by atoms with E-state index in [1.165, 1.54) is 11.3 Å². The van der Waals surface area contributed by atoms with Crippen LogP contribution in [0.5, 0.6) is 11.5 Å². The summed E-state index contributed by atoms with van der Waals surface area (Å²) in [6.07, 6.45) is 5.18. The van der Waals surface area contributed by atoms with E-state index in [9.17, 15) is 18.6 Å². The van der Waals surface area contributed by atoms with Gasteiger partial charge in [-0.1, -0.05) is 31.4 Å². The van der Waals surface area contributed by atoms with Crippen molar-refractivity contribution in [1.82, 2.24) is 5.32 Å². The Hall–Kier alpha value is -3.40. The Morgan fingerprint density at radius 1 is 1.00 bits per heavy atom. The Labute approximate surface area is 225 Å². The maximum absolute atomic E-state index is 13.5. The summed E-state index contributed by atoms with van der Waals surface area (Å²) in [7, 11) is -1.79. The van der Waals surface area contributed by atoms with Gasteiger partial charge >= 0.3 is 0 Å². The number of carbonyl (C=O) groups excluding carboxylic acids is 3. The van der Waals surface area contributed by atoms with Crippen LogP contribution in [0.3, 0.4) is 0 Å². The van der Waals surface area contributed by atoms with Crippen LogP contribution in [0.4, 0.5) is 11.4 Å². The Kier molecular flexibility index (Phi) is 9.04. The lowest BCUT2D eigenvalue weighted by Crippen LogP contribution is -2.52. The summed E-state index contributed by atoms with van der Waals surface area (Å²) in [5.74, 6) is -0.839. The Morgan fingerprint density at radius 2 is 1.74 bits per heavy atom. The Bertz CT molecular complexity index is 1230. The maximum atomic E-state index is 13.5. The number of anilines is 2. The van der Waals surface area contributed by atoms with Crippen LogP contribution in [0.25, 0.3) is 0 Å². The third-order valence-electron chi connectivity index (χ3n) is 6.84. The molecule has 2 atom stereocenters. The summed E-state index contributed by atoms with van der Waals surface area (Å²) >= 11 is 0. The van der Waals surface area contributed by atoms with Crippen LogP contribution >= 0.6 is 0 Å². The molecule has 1 aliphatic carbocycles. The molecular weight excluding hydrogens is 506 g/mol. The van der Waals surface area contributed by atoms with Gasteiger partial charge < -0.3 is 20.1 Å². The number of rotatable bonds is 9. The van der Waals surface area contributed by atoms with Crippen LogP contribution < -0.4 is 25.0 Å². The van der Waals surface area contributed by atoms with Crippen molar-refractivity contribution in [2.24, 2.45) is 0 Å². The van der Waals surface area contributed by atoms with Crippen molar-refractivity contribution in [2.45, 2.75) is 65.0 Å². The molecular formula is C28H35N3O6S. The van der Waals surface area contributed by atoms with Crippen LogP contribution in [-0.4, -0.2) is 52.3 Å². The normalized spacial score (nSPS) is 16.4. The van der Waals surface area contributed by atoms with Crippen molar-refractivity contribution in [2.75, 3.05) is 28.5 Å². The number of hydrogen-bond acceptors (Lipinski definition) is 6. The van der Waals surface area contributed by atoms with Gasteiger partial charge in [0.1, 0.15) is 17.5 Å². The predicted octanol–water partition coefficient (Wildman–Crippen LogP) is 3.59. The van der Waals surface area contributed by atoms with Crippen molar-refractivity contribution in [3.63, 3.8) is 0 Å². The lowest BCUT2D eigenvalue weighted by Gasteiger charge is -2.32. The highest BCUT2D eigenvalue weighted by atomic mass is 32.2. The van der Waals surface area contributed by atoms with Gasteiger partial charge in [-0.3, -0.25) is 23.5 Å². The molecule has 0 spiro atoms. The number of hydrogen-bond donors (Lipinski definition) is 2. The van der Waals surface area contributed by atoms with Crippen LogP contribution in [0.15, 0.2) is 36.4 Å². The first-order chi connectivity index (χ1) is 18.2. The van der Waals surface area contributed by atoms with Crippen LogP contribution in [-0.2, 0) is 25.2 Å². The van der Waals surface area contributed by atoms with Gasteiger partial charge in [-0.05, 0) is 62.9 Å². The maximum Gasteiger partial charge on any atom is 0.243 e. The summed E-state index contributed by atoms with van der Waals surface area (Å²) < 4.78 is 23.5. The minimum absolute atomic E-state index is 0.100. The summed E-state index contributed by atoms with van der Waals surface area (Å²) in [6, 6.07) is 9.96. The number of amides is 3. The molecule has 2 N–H and O–H groups in total. The summed E-state index contributed by atoms with van der Waals surface area (Å²) in [5.41, 5.74) is 2.84. The van der Waals surface area contributed by atoms with Gasteiger partial charge in [-0.15, -0.1) is 0 Å². The number of nitrogens with zero attached hydrogens (tertiary/aromatic N) is 1. The van der Waals surface area contributed by atoms with E-state index in [1.807, 2.05) is 32.0 Å². The predicted molar refractivity (Wildman–Crippen MR) is 147 cm³/mol. The lowest BCUT2D eigenvalue weighted by atomic mass is 9.95. The van der Waals surface area contributed by atoms with Crippen molar-refractivity contribution >= 4 is 39.9 Å². The van der Waals surface area contributed by atoms with Crippen molar-refractivity contribution in [3.05, 3.63) is 47.5 Å². The first-order valence-electron chi connectivity index (χ1n) is 13.0. The van der Waals surface area contributed by atoms with Gasteiger partial charge in [0, 0.05) is 34.3 Å². The number of benzene rings is 2. The quantitative estimate of drug-likeness (QED) is 0.502. The molecule has 3 amide bonds. The van der Waals surface area contributed by atoms with Gasteiger partial charge in [0.15, 0.2) is 11.5 Å². The van der Waals surface area contributed by atoms with Gasteiger partial charge in [0.2, 0.25) is 24.5 Å². The molecule has 0 radical (unpaired) electrons. The lowest BCUT2D eigenvalue weighted by molar-refractivity contribution is -0.126. The van der Waals surface area contributed by atoms with Crippen LogP contribution in [0, 0.1) is 13.8 Å². The molecule has 204 valence electrons. The number of aryl methyl sites for hydroxylation is 2. The minimum Gasteiger partial charge on any atom is -0.454 e. The zero-order chi connectivity index (χ0) is 27.2. The molecule has 2 aromatic carbocycles. The molecule has 2 aromatic rings. The number of fused-ring (bicyclic) bond motifs is 1. The van der Waals surface area contributed by atoms with Gasteiger partial charge in [0.25, 0.3) is 0 Å².